The van der Waals surface area contributed by atoms with E-state index in [9.17, 15) is 4.79 Å². The summed E-state index contributed by atoms with van der Waals surface area (Å²) in [6.07, 6.45) is 3.88. The van der Waals surface area contributed by atoms with Crippen LogP contribution in [0.2, 0.25) is 0 Å². The normalized spacial score (nSPS) is 40.7. The number of carbonyl (C=O) groups is 1. The summed E-state index contributed by atoms with van der Waals surface area (Å²) in [7, 11) is 0. The van der Waals surface area contributed by atoms with E-state index >= 15 is 0 Å². The third-order valence-corrected chi connectivity index (χ3v) is 4.25. The highest BCUT2D eigenvalue weighted by molar-refractivity contribution is 5.73. The summed E-state index contributed by atoms with van der Waals surface area (Å²) >= 11 is 0. The number of fused-ring (bicyclic) bond motifs is 2. The van der Waals surface area contributed by atoms with Crippen LogP contribution in [0, 0.1) is 17.3 Å². The van der Waals surface area contributed by atoms with Gasteiger partial charge in [-0.2, -0.15) is 0 Å². The molecule has 74 valence electrons. The summed E-state index contributed by atoms with van der Waals surface area (Å²) in [4.78, 5) is 11.0. The summed E-state index contributed by atoms with van der Waals surface area (Å²) in [6, 6.07) is 0.464. The summed E-state index contributed by atoms with van der Waals surface area (Å²) in [5.74, 6) is 1.70. The summed E-state index contributed by atoms with van der Waals surface area (Å²) in [5.41, 5.74) is 0.465. The maximum atomic E-state index is 11.0. The smallest absolute Gasteiger partial charge is 0.217 e. The second kappa shape index (κ2) is 2.73. The number of hydrogen-bond acceptors (Lipinski definition) is 1. The Morgan fingerprint density at radius 2 is 2.08 bits per heavy atom. The van der Waals surface area contributed by atoms with Crippen LogP contribution in [0.3, 0.4) is 0 Å². The quantitative estimate of drug-likeness (QED) is 0.658. The summed E-state index contributed by atoms with van der Waals surface area (Å²) < 4.78 is 0. The molecule has 13 heavy (non-hydrogen) atoms. The Morgan fingerprint density at radius 1 is 1.38 bits per heavy atom. The molecule has 1 amide bonds. The fraction of sp³-hybridized carbons (Fsp3) is 0.909. The van der Waals surface area contributed by atoms with Crippen molar-refractivity contribution in [3.8, 4) is 0 Å². The molecule has 0 aromatic heterocycles. The molecule has 2 nitrogen and oxygen atoms in total. The second-order valence-corrected chi connectivity index (χ2v) is 5.24. The molecule has 0 aromatic carbocycles. The minimum Gasteiger partial charge on any atom is -0.353 e. The van der Waals surface area contributed by atoms with Crippen LogP contribution in [0.1, 0.15) is 40.0 Å². The van der Waals surface area contributed by atoms with Gasteiger partial charge in [0.25, 0.3) is 0 Å². The van der Waals surface area contributed by atoms with Gasteiger partial charge in [-0.3, -0.25) is 4.79 Å². The molecule has 0 aliphatic heterocycles. The molecule has 0 unspecified atom stereocenters. The zero-order valence-electron chi connectivity index (χ0n) is 8.76. The molecule has 3 atom stereocenters. The number of carbonyl (C=O) groups excluding carboxylic acids is 1. The lowest BCUT2D eigenvalue weighted by Gasteiger charge is -2.26. The Morgan fingerprint density at radius 3 is 2.46 bits per heavy atom. The molecule has 2 saturated carbocycles. The van der Waals surface area contributed by atoms with Crippen molar-refractivity contribution < 1.29 is 4.79 Å². The fourth-order valence-electron chi connectivity index (χ4n) is 3.46. The van der Waals surface area contributed by atoms with E-state index in [2.05, 4.69) is 19.2 Å². The number of nitrogens with one attached hydrogen (secondary N) is 1. The van der Waals surface area contributed by atoms with Gasteiger partial charge in [0.2, 0.25) is 5.91 Å². The molecular weight excluding hydrogens is 162 g/mol. The minimum atomic E-state index is 0.133. The lowest BCUT2D eigenvalue weighted by molar-refractivity contribution is -0.120. The lowest BCUT2D eigenvalue weighted by Crippen LogP contribution is -2.38. The molecule has 2 heteroatoms. The van der Waals surface area contributed by atoms with Crippen molar-refractivity contribution in [3.63, 3.8) is 0 Å². The van der Waals surface area contributed by atoms with Crippen LogP contribution >= 0.6 is 0 Å². The molecule has 2 fully saturated rings. The average molecular weight is 181 g/mol. The van der Waals surface area contributed by atoms with Crippen molar-refractivity contribution in [1.29, 1.82) is 0 Å². The van der Waals surface area contributed by atoms with Crippen molar-refractivity contribution in [2.45, 2.75) is 46.1 Å². The number of hydrogen-bond donors (Lipinski definition) is 1. The predicted octanol–water partition coefficient (Wildman–Crippen LogP) is 1.95. The van der Waals surface area contributed by atoms with Gasteiger partial charge in [-0.05, 0) is 36.5 Å². The van der Waals surface area contributed by atoms with Crippen LogP contribution in [-0.4, -0.2) is 11.9 Å². The summed E-state index contributed by atoms with van der Waals surface area (Å²) in [6.45, 7) is 6.34. The van der Waals surface area contributed by atoms with Crippen LogP contribution in [-0.2, 0) is 4.79 Å². The molecule has 2 aliphatic carbocycles. The summed E-state index contributed by atoms with van der Waals surface area (Å²) in [5, 5.41) is 3.09. The van der Waals surface area contributed by atoms with Gasteiger partial charge in [0, 0.05) is 13.0 Å². The van der Waals surface area contributed by atoms with E-state index in [1.54, 1.807) is 6.92 Å². The molecule has 2 aliphatic rings. The van der Waals surface area contributed by atoms with Gasteiger partial charge in [0.15, 0.2) is 0 Å². The Hall–Kier alpha value is -0.530. The lowest BCUT2D eigenvalue weighted by atomic mass is 9.81. The molecule has 0 aromatic rings. The Balaban J connectivity index is 2.09. The Labute approximate surface area is 80.1 Å². The van der Waals surface area contributed by atoms with Crippen LogP contribution in [0.25, 0.3) is 0 Å². The maximum absolute atomic E-state index is 11.0. The van der Waals surface area contributed by atoms with Gasteiger partial charge < -0.3 is 5.32 Å². The van der Waals surface area contributed by atoms with E-state index in [1.807, 2.05) is 0 Å². The highest BCUT2D eigenvalue weighted by atomic mass is 16.1. The Kier molecular flexibility index (Phi) is 1.90. The predicted molar refractivity (Wildman–Crippen MR) is 52.2 cm³/mol. The van der Waals surface area contributed by atoms with E-state index in [-0.39, 0.29) is 5.91 Å². The molecule has 2 bridgehead atoms. The maximum Gasteiger partial charge on any atom is 0.217 e. The molecule has 0 radical (unpaired) electrons. The zero-order valence-corrected chi connectivity index (χ0v) is 8.76. The van der Waals surface area contributed by atoms with E-state index in [1.165, 1.54) is 19.3 Å². The first kappa shape index (κ1) is 9.04. The van der Waals surface area contributed by atoms with E-state index < -0.39 is 0 Å². The number of rotatable bonds is 1. The molecule has 0 heterocycles. The monoisotopic (exact) mass is 181 g/mol. The largest absolute Gasteiger partial charge is 0.353 e. The first-order valence-electron chi connectivity index (χ1n) is 5.29. The average Bonchev–Trinajstić information content (AvgIpc) is 2.38. The van der Waals surface area contributed by atoms with Gasteiger partial charge >= 0.3 is 0 Å². The van der Waals surface area contributed by atoms with Gasteiger partial charge in [-0.15, -0.1) is 0 Å². The van der Waals surface area contributed by atoms with Crippen LogP contribution in [0.5, 0.6) is 0 Å². The van der Waals surface area contributed by atoms with Gasteiger partial charge in [-0.25, -0.2) is 0 Å². The second-order valence-electron chi connectivity index (χ2n) is 5.24. The van der Waals surface area contributed by atoms with Crippen molar-refractivity contribution in [2.75, 3.05) is 0 Å². The SMILES string of the molecule is CC(=O)N[C@H]1C[C@@H]2CC[C@H]1C2(C)C. The highest BCUT2D eigenvalue weighted by Gasteiger charge is 2.53. The van der Waals surface area contributed by atoms with Crippen molar-refractivity contribution >= 4 is 5.91 Å². The van der Waals surface area contributed by atoms with Gasteiger partial charge in [-0.1, -0.05) is 13.8 Å². The van der Waals surface area contributed by atoms with Crippen LogP contribution < -0.4 is 5.32 Å². The first-order valence-corrected chi connectivity index (χ1v) is 5.29. The van der Waals surface area contributed by atoms with Crippen molar-refractivity contribution in [3.05, 3.63) is 0 Å². The van der Waals surface area contributed by atoms with Crippen LogP contribution in [0.4, 0.5) is 0 Å². The fourth-order valence-corrected chi connectivity index (χ4v) is 3.46. The van der Waals surface area contributed by atoms with Gasteiger partial charge in [0.1, 0.15) is 0 Å². The first-order chi connectivity index (χ1) is 6.01. The zero-order chi connectivity index (χ0) is 9.64. The molecule has 0 spiro atoms. The van der Waals surface area contributed by atoms with E-state index in [0.717, 1.165) is 11.8 Å². The molecule has 0 saturated heterocycles. The van der Waals surface area contributed by atoms with E-state index in [4.69, 9.17) is 0 Å². The molecule has 1 N–H and O–H groups in total. The van der Waals surface area contributed by atoms with Crippen molar-refractivity contribution in [2.24, 2.45) is 17.3 Å². The topological polar surface area (TPSA) is 29.1 Å². The van der Waals surface area contributed by atoms with Crippen LogP contribution in [0.15, 0.2) is 0 Å². The minimum absolute atomic E-state index is 0.133. The standard InChI is InChI=1S/C11H19NO/c1-7(13)12-10-6-8-4-5-9(10)11(8,2)3/h8-10H,4-6H2,1-3H3,(H,12,13)/t8-,9+,10-/m0/s1. The third kappa shape index (κ3) is 1.27. The highest BCUT2D eigenvalue weighted by Crippen LogP contribution is 2.57. The third-order valence-electron chi connectivity index (χ3n) is 4.25. The Bertz CT molecular complexity index is 234. The molecule has 2 rings (SSSR count). The van der Waals surface area contributed by atoms with E-state index in [0.29, 0.717) is 11.5 Å². The number of amides is 1. The van der Waals surface area contributed by atoms with Crippen molar-refractivity contribution in [1.82, 2.24) is 5.32 Å². The van der Waals surface area contributed by atoms with Gasteiger partial charge in [0.05, 0.1) is 0 Å². The molecular formula is C11H19NO.